The van der Waals surface area contributed by atoms with Crippen molar-refractivity contribution in [2.24, 2.45) is 0 Å². The molecule has 0 atom stereocenters. The molecule has 0 saturated heterocycles. The van der Waals surface area contributed by atoms with Crippen molar-refractivity contribution >= 4 is 129 Å². The average Bonchev–Trinajstić information content (AvgIpc) is 2.92. The molecule has 6 heterocycles. The molecule has 6 aromatic carbocycles. The van der Waals surface area contributed by atoms with Gasteiger partial charge < -0.3 is 0 Å². The molecule has 87 heavy (non-hydrogen) atoms. The third-order valence-corrected chi connectivity index (χ3v) is 15.6. The van der Waals surface area contributed by atoms with Gasteiger partial charge in [0.1, 0.15) is 28.2 Å². The molecular formula is C62H69F13N6S6. The summed E-state index contributed by atoms with van der Waals surface area (Å²) in [5.41, 5.74) is 12.0. The summed E-state index contributed by atoms with van der Waals surface area (Å²) in [6.45, 7) is 36.0. The fraction of sp³-hybridized carbons (Fsp3) is 0.323. The Labute approximate surface area is 522 Å². The molecule has 12 aromatic rings. The van der Waals surface area contributed by atoms with E-state index < -0.39 is 69.8 Å². The highest BCUT2D eigenvalue weighted by molar-refractivity contribution is 7.18. The number of hydrogen-bond acceptors (Lipinski definition) is 12. The summed E-state index contributed by atoms with van der Waals surface area (Å²) in [5, 5.41) is 0. The number of halogens is 13. The van der Waals surface area contributed by atoms with Gasteiger partial charge >= 0.3 is 0 Å². The number of fused-ring (bicyclic) bond motifs is 6. The van der Waals surface area contributed by atoms with Crippen LogP contribution in [0.4, 0.5) is 57.1 Å². The molecule has 25 heteroatoms. The van der Waals surface area contributed by atoms with Crippen molar-refractivity contribution in [1.82, 2.24) is 29.9 Å². The van der Waals surface area contributed by atoms with E-state index in [4.69, 9.17) is 0 Å². The highest BCUT2D eigenvalue weighted by atomic mass is 32.1. The molecule has 6 nitrogen and oxygen atoms in total. The summed E-state index contributed by atoms with van der Waals surface area (Å²) in [6.07, 6.45) is 0. The molecule has 0 bridgehead atoms. The van der Waals surface area contributed by atoms with Crippen LogP contribution in [0.15, 0.2) is 69.5 Å². The highest BCUT2D eigenvalue weighted by Gasteiger charge is 2.20. The van der Waals surface area contributed by atoms with Crippen molar-refractivity contribution in [2.45, 2.75) is 137 Å². The van der Waals surface area contributed by atoms with Crippen molar-refractivity contribution in [3.63, 3.8) is 0 Å². The third kappa shape index (κ3) is 19.9. The maximum absolute atomic E-state index is 13.6. The Morgan fingerprint density at radius 1 is 0.276 bits per heavy atom. The number of aromatic nitrogens is 6. The minimum absolute atomic E-state index is 0.0291. The molecule has 0 radical (unpaired) electrons. The zero-order valence-electron chi connectivity index (χ0n) is 51.5. The number of thiazole rings is 6. The number of aryl methyl sites for hydroxylation is 3. The topological polar surface area (TPSA) is 77.3 Å². The van der Waals surface area contributed by atoms with Gasteiger partial charge in [-0.05, 0) is 85.7 Å². The highest BCUT2D eigenvalue weighted by Crippen LogP contribution is 2.32. The third-order valence-electron chi connectivity index (χ3n) is 10.6. The minimum atomic E-state index is -1.18. The lowest BCUT2D eigenvalue weighted by molar-refractivity contribution is 0.498. The van der Waals surface area contributed by atoms with Crippen LogP contribution in [0.1, 0.15) is 132 Å². The van der Waals surface area contributed by atoms with Crippen LogP contribution in [-0.4, -0.2) is 29.9 Å². The molecule has 0 unspecified atom stereocenters. The normalized spacial score (nSPS) is 10.1. The van der Waals surface area contributed by atoms with Crippen molar-refractivity contribution in [1.29, 1.82) is 0 Å². The van der Waals surface area contributed by atoms with E-state index in [2.05, 4.69) is 50.7 Å². The lowest BCUT2D eigenvalue weighted by Gasteiger charge is -2.18. The molecule has 12 rings (SSSR count). The first-order valence-corrected chi connectivity index (χ1v) is 32.5. The van der Waals surface area contributed by atoms with Gasteiger partial charge in [-0.1, -0.05) is 104 Å². The van der Waals surface area contributed by atoms with Gasteiger partial charge in [0, 0.05) is 11.6 Å². The predicted molar refractivity (Wildman–Crippen MR) is 343 cm³/mol. The van der Waals surface area contributed by atoms with Gasteiger partial charge in [0.2, 0.25) is 0 Å². The molecule has 6 aromatic heterocycles. The summed E-state index contributed by atoms with van der Waals surface area (Å²) in [4.78, 5) is 22.8. The second-order valence-corrected chi connectivity index (χ2v) is 21.9. The van der Waals surface area contributed by atoms with Crippen LogP contribution >= 0.6 is 68.0 Å². The number of benzene rings is 6. The Kier molecular flexibility index (Phi) is 34.6. The van der Waals surface area contributed by atoms with Crippen LogP contribution in [0.5, 0.6) is 0 Å². The van der Waals surface area contributed by atoms with Crippen molar-refractivity contribution in [3.8, 4) is 0 Å². The molecule has 0 aliphatic heterocycles. The van der Waals surface area contributed by atoms with Crippen LogP contribution in [0.25, 0.3) is 61.3 Å². The lowest BCUT2D eigenvalue weighted by atomic mass is 9.87. The Bertz CT molecular complexity index is 3820. The Morgan fingerprint density at radius 2 is 0.609 bits per heavy atom. The monoisotopic (exact) mass is 1340 g/mol. The lowest BCUT2D eigenvalue weighted by Crippen LogP contribution is -2.11. The van der Waals surface area contributed by atoms with E-state index in [9.17, 15) is 57.1 Å². The van der Waals surface area contributed by atoms with E-state index >= 15 is 0 Å². The number of nitrogens with zero attached hydrogens (tertiary/aromatic N) is 6. The zero-order valence-corrected chi connectivity index (χ0v) is 56.4. The van der Waals surface area contributed by atoms with E-state index in [0.29, 0.717) is 38.5 Å². The molecule has 474 valence electrons. The molecule has 0 spiro atoms. The summed E-state index contributed by atoms with van der Waals surface area (Å²) < 4.78 is 171. The number of hydrogen-bond donors (Lipinski definition) is 0. The summed E-state index contributed by atoms with van der Waals surface area (Å²) in [7, 11) is 0. The van der Waals surface area contributed by atoms with E-state index in [1.807, 2.05) is 89.2 Å². The maximum atomic E-state index is 13.6. The predicted octanol–water partition coefficient (Wildman–Crippen LogP) is 24.3. The Hall–Kier alpha value is -6.25. The van der Waals surface area contributed by atoms with Gasteiger partial charge in [-0.15, -0.1) is 68.0 Å². The van der Waals surface area contributed by atoms with Gasteiger partial charge in [0.25, 0.3) is 0 Å². The second-order valence-electron chi connectivity index (χ2n) is 16.8. The fourth-order valence-corrected chi connectivity index (χ4v) is 10.8. The smallest absolute Gasteiger partial charge is 0.178 e. The van der Waals surface area contributed by atoms with Gasteiger partial charge in [-0.2, -0.15) is 0 Å². The molecule has 0 saturated carbocycles. The van der Waals surface area contributed by atoms with Gasteiger partial charge in [0.15, 0.2) is 64.0 Å². The van der Waals surface area contributed by atoms with Crippen LogP contribution in [0.3, 0.4) is 0 Å². The Morgan fingerprint density at radius 3 is 1.06 bits per heavy atom. The molecule has 0 N–H and O–H groups in total. The summed E-state index contributed by atoms with van der Waals surface area (Å²) in [5.74, 6) is -10.1. The molecule has 0 aliphatic rings. The fourth-order valence-electron chi connectivity index (χ4n) is 6.58. The van der Waals surface area contributed by atoms with E-state index in [0.717, 1.165) is 67.8 Å². The standard InChI is InChI=1S/C11H12FNS.C8H4F3NS.3C8H5F2NS.C7H2F3NS.6C2H6/c1-11(2,3)7-4-8(12)10-9(5-7)13-6-14-10;1-3-4(9)6(11)8-7(5(3)10)12-2-13-8;2*1-4-2-5-8(12-3-11-5)7(10)6(4)9;1-4-2-5(9)8-7(6(4)10)11-3-12-8;8-3-1-4(9)6-7(5(3)10)12-2-11-6;6*1-2/h4-6H,1-3H3;2H,1H3;3*2-3H,1H3;1-2H;6*1-2H3. The van der Waals surface area contributed by atoms with E-state index in [-0.39, 0.29) is 56.8 Å². The maximum Gasteiger partial charge on any atom is 0.178 e. The molecule has 0 amide bonds. The first-order valence-electron chi connectivity index (χ1n) is 27.2. The van der Waals surface area contributed by atoms with Crippen LogP contribution in [0, 0.1) is 103 Å². The summed E-state index contributed by atoms with van der Waals surface area (Å²) >= 11 is 6.44. The average molecular weight is 1340 g/mol. The van der Waals surface area contributed by atoms with Gasteiger partial charge in [-0.3, -0.25) is 0 Å². The number of rotatable bonds is 0. The quantitative estimate of drug-likeness (QED) is 0.111. The molecular weight excluding hydrogens is 1270 g/mol. The first-order chi connectivity index (χ1) is 41.4. The second kappa shape index (κ2) is 38.2. The van der Waals surface area contributed by atoms with Gasteiger partial charge in [-0.25, -0.2) is 87.0 Å². The van der Waals surface area contributed by atoms with Crippen LogP contribution in [-0.2, 0) is 5.41 Å². The van der Waals surface area contributed by atoms with Crippen molar-refractivity contribution in [3.05, 3.63) is 173 Å². The van der Waals surface area contributed by atoms with Crippen LogP contribution in [0.2, 0.25) is 0 Å². The first kappa shape index (κ1) is 78.8. The van der Waals surface area contributed by atoms with Crippen molar-refractivity contribution < 1.29 is 57.1 Å². The van der Waals surface area contributed by atoms with E-state index in [1.54, 1.807) is 23.7 Å². The van der Waals surface area contributed by atoms with Crippen LogP contribution < -0.4 is 0 Å². The Balaban J connectivity index is 0.000000504. The van der Waals surface area contributed by atoms with E-state index in [1.165, 1.54) is 72.7 Å². The zero-order chi connectivity index (χ0) is 66.8. The van der Waals surface area contributed by atoms with Gasteiger partial charge in [0.05, 0.1) is 77.8 Å². The molecule has 0 fully saturated rings. The summed E-state index contributed by atoms with van der Waals surface area (Å²) in [6, 6.07) is 8.36. The minimum Gasteiger partial charge on any atom is -0.245 e. The van der Waals surface area contributed by atoms with Crippen molar-refractivity contribution in [2.75, 3.05) is 0 Å². The largest absolute Gasteiger partial charge is 0.245 e. The SMILES string of the molecule is CC.CC.CC.CC.CC.CC.CC(C)(C)c1cc(F)c2scnc2c1.Cc1c(F)c(F)c2scnc2c1F.Cc1cc(F)c2scnc2c1F.Cc1cc2ncsc2c(F)c1F.Cc1cc2ncsc2c(F)c1F.Fc1cc(F)c2ncsc2c1F. The molecule has 0 aliphatic carbocycles.